The first kappa shape index (κ1) is 13.4. The molecule has 1 unspecified atom stereocenters. The second kappa shape index (κ2) is 5.80. The molecule has 1 atom stereocenters. The molecule has 0 aliphatic heterocycles. The van der Waals surface area contributed by atoms with Crippen molar-refractivity contribution in [1.29, 1.82) is 0 Å². The van der Waals surface area contributed by atoms with Gasteiger partial charge in [0.25, 0.3) is 0 Å². The number of aliphatic hydroxyl groups is 1. The minimum atomic E-state index is -0.539. The zero-order valence-electron chi connectivity index (χ0n) is 11.6. The van der Waals surface area contributed by atoms with E-state index in [1.165, 1.54) is 4.80 Å². The van der Waals surface area contributed by atoms with E-state index in [9.17, 15) is 5.11 Å². The molecule has 6 heteroatoms. The minimum Gasteiger partial charge on any atom is -0.387 e. The molecule has 0 amide bonds. The average molecular weight is 281 g/mol. The highest BCUT2D eigenvalue weighted by Crippen LogP contribution is 2.16. The summed E-state index contributed by atoms with van der Waals surface area (Å²) in [5.41, 5.74) is 2.26. The summed E-state index contributed by atoms with van der Waals surface area (Å²) in [5, 5.41) is 22.1. The van der Waals surface area contributed by atoms with Crippen LogP contribution in [0.5, 0.6) is 0 Å². The van der Waals surface area contributed by atoms with E-state index in [0.717, 1.165) is 5.56 Å². The molecular formula is C15H15N5O. The van der Waals surface area contributed by atoms with Gasteiger partial charge in [0.1, 0.15) is 5.69 Å². The molecule has 0 saturated heterocycles. The van der Waals surface area contributed by atoms with Crippen LogP contribution in [-0.2, 0) is 0 Å². The van der Waals surface area contributed by atoms with Crippen LogP contribution in [-0.4, -0.2) is 30.3 Å². The van der Waals surface area contributed by atoms with Crippen molar-refractivity contribution < 1.29 is 5.11 Å². The van der Waals surface area contributed by atoms with Crippen molar-refractivity contribution >= 4 is 0 Å². The van der Waals surface area contributed by atoms with Crippen molar-refractivity contribution in [2.75, 3.05) is 0 Å². The Balaban J connectivity index is 1.86. The summed E-state index contributed by atoms with van der Waals surface area (Å²) in [4.78, 5) is 5.66. The van der Waals surface area contributed by atoms with Gasteiger partial charge in [-0.1, -0.05) is 37.3 Å². The van der Waals surface area contributed by atoms with Gasteiger partial charge in [0.2, 0.25) is 5.82 Å². The van der Waals surface area contributed by atoms with E-state index in [4.69, 9.17) is 0 Å². The van der Waals surface area contributed by atoms with Crippen LogP contribution in [0.1, 0.15) is 25.1 Å². The lowest BCUT2D eigenvalue weighted by Crippen LogP contribution is -2.03. The third-order valence-electron chi connectivity index (χ3n) is 3.18. The molecule has 0 aliphatic rings. The van der Waals surface area contributed by atoms with Gasteiger partial charge in [0.15, 0.2) is 0 Å². The maximum Gasteiger partial charge on any atom is 0.205 e. The Hall–Kier alpha value is -2.60. The Kier molecular flexibility index (Phi) is 3.70. The molecule has 0 saturated carbocycles. The van der Waals surface area contributed by atoms with Crippen molar-refractivity contribution in [2.45, 2.75) is 19.4 Å². The Morgan fingerprint density at radius 1 is 1.14 bits per heavy atom. The topological polar surface area (TPSA) is 76.7 Å². The fourth-order valence-corrected chi connectivity index (χ4v) is 1.95. The van der Waals surface area contributed by atoms with Gasteiger partial charge in [-0.25, -0.2) is 0 Å². The van der Waals surface area contributed by atoms with E-state index in [-0.39, 0.29) is 0 Å². The van der Waals surface area contributed by atoms with Crippen LogP contribution >= 0.6 is 0 Å². The maximum absolute atomic E-state index is 9.73. The summed E-state index contributed by atoms with van der Waals surface area (Å²) in [6, 6.07) is 13.2. The van der Waals surface area contributed by atoms with Crippen molar-refractivity contribution in [1.82, 2.24) is 25.2 Å². The Bertz CT molecular complexity index is 708. The first-order valence-corrected chi connectivity index (χ1v) is 6.77. The second-order valence-electron chi connectivity index (χ2n) is 4.63. The summed E-state index contributed by atoms with van der Waals surface area (Å²) < 4.78 is 0. The molecule has 0 aliphatic carbocycles. The van der Waals surface area contributed by atoms with Crippen LogP contribution in [0, 0.1) is 0 Å². The third kappa shape index (κ3) is 2.80. The van der Waals surface area contributed by atoms with Gasteiger partial charge in [-0.2, -0.15) is 0 Å². The largest absolute Gasteiger partial charge is 0.387 e. The Labute approximate surface area is 122 Å². The highest BCUT2D eigenvalue weighted by molar-refractivity contribution is 5.53. The summed E-state index contributed by atoms with van der Waals surface area (Å²) >= 11 is 0. The molecule has 2 heterocycles. The number of rotatable bonds is 4. The molecule has 3 rings (SSSR count). The number of aliphatic hydroxyl groups excluding tert-OH is 1. The van der Waals surface area contributed by atoms with Gasteiger partial charge in [0.05, 0.1) is 18.0 Å². The molecule has 0 radical (unpaired) electrons. The van der Waals surface area contributed by atoms with Crippen LogP contribution < -0.4 is 0 Å². The van der Waals surface area contributed by atoms with Crippen molar-refractivity contribution in [2.24, 2.45) is 0 Å². The number of nitrogens with zero attached hydrogens (tertiary/aromatic N) is 5. The van der Waals surface area contributed by atoms with Crippen LogP contribution in [0.4, 0.5) is 0 Å². The molecule has 3 aromatic rings. The van der Waals surface area contributed by atoms with E-state index in [2.05, 4.69) is 20.4 Å². The monoisotopic (exact) mass is 281 g/mol. The SMILES string of the molecule is CCC(O)c1ccc(-n2nnc(-c3ccccc3)n2)cn1. The molecule has 6 nitrogen and oxygen atoms in total. The number of aromatic nitrogens is 5. The van der Waals surface area contributed by atoms with E-state index < -0.39 is 6.10 Å². The number of pyridine rings is 1. The predicted octanol–water partition coefficient (Wildman–Crippen LogP) is 2.17. The molecule has 0 spiro atoms. The molecule has 21 heavy (non-hydrogen) atoms. The predicted molar refractivity (Wildman–Crippen MR) is 77.6 cm³/mol. The first-order chi connectivity index (χ1) is 10.3. The van der Waals surface area contributed by atoms with Gasteiger partial charge in [0, 0.05) is 5.56 Å². The van der Waals surface area contributed by atoms with E-state index in [1.54, 1.807) is 12.3 Å². The quantitative estimate of drug-likeness (QED) is 0.793. The van der Waals surface area contributed by atoms with Crippen LogP contribution in [0.15, 0.2) is 48.7 Å². The second-order valence-corrected chi connectivity index (χ2v) is 4.63. The lowest BCUT2D eigenvalue weighted by molar-refractivity contribution is 0.169. The summed E-state index contributed by atoms with van der Waals surface area (Å²) in [6.45, 7) is 1.91. The molecule has 1 N–H and O–H groups in total. The zero-order chi connectivity index (χ0) is 14.7. The van der Waals surface area contributed by atoms with Crippen LogP contribution in [0.3, 0.4) is 0 Å². The number of hydrogen-bond donors (Lipinski definition) is 1. The van der Waals surface area contributed by atoms with Crippen molar-refractivity contribution in [3.8, 4) is 17.1 Å². The van der Waals surface area contributed by atoms with Crippen LogP contribution in [0.25, 0.3) is 17.1 Å². The standard InChI is InChI=1S/C15H15N5O/c1-2-14(21)13-9-8-12(10-16-13)20-18-15(17-19-20)11-6-4-3-5-7-11/h3-10,14,21H,2H2,1H3. The van der Waals surface area contributed by atoms with Crippen molar-refractivity contribution in [3.05, 3.63) is 54.4 Å². The molecular weight excluding hydrogens is 266 g/mol. The molecule has 106 valence electrons. The fraction of sp³-hybridized carbons (Fsp3) is 0.200. The van der Waals surface area contributed by atoms with E-state index in [0.29, 0.717) is 23.6 Å². The summed E-state index contributed by atoms with van der Waals surface area (Å²) in [6.07, 6.45) is 1.72. The molecule has 2 aromatic heterocycles. The minimum absolute atomic E-state index is 0.539. The van der Waals surface area contributed by atoms with Gasteiger partial charge in [-0.05, 0) is 23.8 Å². The normalized spacial score (nSPS) is 12.3. The molecule has 1 aromatic carbocycles. The number of hydrogen-bond acceptors (Lipinski definition) is 5. The Morgan fingerprint density at radius 3 is 2.62 bits per heavy atom. The highest BCUT2D eigenvalue weighted by Gasteiger charge is 2.09. The van der Waals surface area contributed by atoms with E-state index >= 15 is 0 Å². The molecule has 0 bridgehead atoms. The van der Waals surface area contributed by atoms with Crippen LogP contribution in [0.2, 0.25) is 0 Å². The summed E-state index contributed by atoms with van der Waals surface area (Å²) in [7, 11) is 0. The zero-order valence-corrected chi connectivity index (χ0v) is 11.6. The third-order valence-corrected chi connectivity index (χ3v) is 3.18. The smallest absolute Gasteiger partial charge is 0.205 e. The number of tetrazole rings is 1. The lowest BCUT2D eigenvalue weighted by Gasteiger charge is -2.06. The first-order valence-electron chi connectivity index (χ1n) is 6.77. The van der Waals surface area contributed by atoms with Gasteiger partial charge in [-0.15, -0.1) is 15.0 Å². The van der Waals surface area contributed by atoms with Gasteiger partial charge >= 0.3 is 0 Å². The highest BCUT2D eigenvalue weighted by atomic mass is 16.3. The summed E-state index contributed by atoms with van der Waals surface area (Å²) in [5.74, 6) is 0.563. The number of benzene rings is 1. The Morgan fingerprint density at radius 2 is 1.95 bits per heavy atom. The van der Waals surface area contributed by atoms with Gasteiger partial charge < -0.3 is 5.11 Å². The average Bonchev–Trinajstić information content (AvgIpc) is 3.05. The van der Waals surface area contributed by atoms with Crippen molar-refractivity contribution in [3.63, 3.8) is 0 Å². The molecule has 0 fully saturated rings. The van der Waals surface area contributed by atoms with E-state index in [1.807, 2.05) is 43.3 Å². The van der Waals surface area contributed by atoms with Gasteiger partial charge in [-0.3, -0.25) is 4.98 Å². The maximum atomic E-state index is 9.73. The fourth-order valence-electron chi connectivity index (χ4n) is 1.95. The lowest BCUT2D eigenvalue weighted by atomic mass is 10.2.